The van der Waals surface area contributed by atoms with Gasteiger partial charge in [-0.25, -0.2) is 9.97 Å². The monoisotopic (exact) mass is 923 g/mol. The molecule has 13 aromatic rings. The zero-order valence-electron chi connectivity index (χ0n) is 39.8. The van der Waals surface area contributed by atoms with Crippen LogP contribution < -0.4 is 10.6 Å². The number of hydrogen-bond donors (Lipinski definition) is 0. The first-order valence-electron chi connectivity index (χ1n) is 24.9. The van der Waals surface area contributed by atoms with E-state index in [0.717, 1.165) is 113 Å². The van der Waals surface area contributed by atoms with Crippen LogP contribution in [0.15, 0.2) is 209 Å². The van der Waals surface area contributed by atoms with E-state index >= 15 is 0 Å². The summed E-state index contributed by atoms with van der Waals surface area (Å²) in [6.45, 7) is 4.73. The molecule has 0 N–H and O–H groups in total. The molecule has 0 atom stereocenters. The molecule has 0 spiro atoms. The molecule has 72 heavy (non-hydrogen) atoms. The molecule has 0 saturated heterocycles. The minimum absolute atomic E-state index is 0.120. The summed E-state index contributed by atoms with van der Waals surface area (Å²) in [7, 11) is 0. The molecular formula is C67H45N3O2. The van der Waals surface area contributed by atoms with Crippen molar-refractivity contribution in [2.45, 2.75) is 32.1 Å². The maximum Gasteiger partial charge on any atom is 0.160 e. The summed E-state index contributed by atoms with van der Waals surface area (Å²) in [5.41, 5.74) is 20.2. The average molecular weight is 924 g/mol. The highest BCUT2D eigenvalue weighted by Gasteiger charge is 2.36. The summed E-state index contributed by atoms with van der Waals surface area (Å²) < 4.78 is 14.9. The van der Waals surface area contributed by atoms with E-state index in [9.17, 15) is 0 Å². The van der Waals surface area contributed by atoms with Gasteiger partial charge in [-0.1, -0.05) is 147 Å². The third kappa shape index (κ3) is 6.27. The second kappa shape index (κ2) is 15.5. The van der Waals surface area contributed by atoms with Crippen molar-refractivity contribution in [3.8, 4) is 73.0 Å². The number of rotatable bonds is 6. The van der Waals surface area contributed by atoms with Crippen LogP contribution in [0.4, 0.5) is 0 Å². The summed E-state index contributed by atoms with van der Waals surface area (Å²) in [6, 6.07) is 71.7. The molecule has 4 heterocycles. The Balaban J connectivity index is 0.893. The number of hydrogen-bond acceptors (Lipinski definition) is 4. The predicted molar refractivity (Wildman–Crippen MR) is 296 cm³/mol. The number of fused-ring (bicyclic) bond motifs is 12. The fourth-order valence-corrected chi connectivity index (χ4v) is 11.9. The molecular weight excluding hydrogens is 879 g/mol. The normalized spacial score (nSPS) is 13.6. The van der Waals surface area contributed by atoms with Crippen molar-refractivity contribution in [1.82, 2.24) is 14.5 Å². The van der Waals surface area contributed by atoms with Crippen molar-refractivity contribution in [1.29, 1.82) is 0 Å². The van der Waals surface area contributed by atoms with Gasteiger partial charge in [0.1, 0.15) is 22.3 Å². The molecule has 15 rings (SSSR count). The van der Waals surface area contributed by atoms with E-state index in [4.69, 9.17) is 18.8 Å². The van der Waals surface area contributed by atoms with Crippen LogP contribution in [0.1, 0.15) is 37.8 Å². The maximum absolute atomic E-state index is 6.21. The molecule has 0 unspecified atom stereocenters. The standard InChI is InChI=1S/C67H45N3O2/c1-67(2)56-24-7-3-20-48(56)52-37-53-49-21-4-8-25-60(49)70(61(53)38-57(52)67)47-19-13-18-46(34-47)66-68-58(44-16-11-14-40(32-44)42-28-30-64-54(35-42)50-22-5-9-26-62(50)71-64)39-59(69-66)45-17-12-15-41(33-45)43-29-31-65-55(36-43)51-23-6-10-27-63(51)72-65/h3,5-7,9-39H,4,8H2,1-2H3. The largest absolute Gasteiger partial charge is 0.456 e. The third-order valence-corrected chi connectivity index (χ3v) is 15.4. The van der Waals surface area contributed by atoms with Gasteiger partial charge in [0.2, 0.25) is 0 Å². The van der Waals surface area contributed by atoms with E-state index in [1.165, 1.54) is 43.7 Å². The van der Waals surface area contributed by atoms with Gasteiger partial charge in [0.05, 0.1) is 16.9 Å². The second-order valence-corrected chi connectivity index (χ2v) is 20.0. The number of aromatic nitrogens is 3. The lowest BCUT2D eigenvalue weighted by Crippen LogP contribution is -2.30. The molecule has 0 bridgehead atoms. The van der Waals surface area contributed by atoms with Crippen LogP contribution in [0.2, 0.25) is 0 Å². The van der Waals surface area contributed by atoms with E-state index in [2.05, 4.69) is 206 Å². The SMILES string of the molecule is CC1(C)c2ccccc2-c2cc3c4c(n(-c5cccc(-c6nc(-c7cccc(-c8ccc9oc%10ccccc%10c9c8)c7)cc(-c7cccc(-c8ccc9oc%10ccccc%10c9c8)c7)n6)c5)c3cc21)=CCCC=4. The second-order valence-electron chi connectivity index (χ2n) is 20.0. The molecule has 0 radical (unpaired) electrons. The van der Waals surface area contributed by atoms with E-state index in [-0.39, 0.29) is 5.41 Å². The Bertz CT molecular complexity index is 4390. The lowest BCUT2D eigenvalue weighted by atomic mass is 9.82. The van der Waals surface area contributed by atoms with E-state index in [0.29, 0.717) is 5.82 Å². The topological polar surface area (TPSA) is 57.0 Å². The first-order chi connectivity index (χ1) is 35.4. The Morgan fingerprint density at radius 1 is 0.403 bits per heavy atom. The minimum atomic E-state index is -0.120. The van der Waals surface area contributed by atoms with Crippen LogP contribution >= 0.6 is 0 Å². The highest BCUT2D eigenvalue weighted by molar-refractivity contribution is 6.07. The lowest BCUT2D eigenvalue weighted by molar-refractivity contribution is 0.661. The molecule has 0 saturated carbocycles. The first-order valence-corrected chi connectivity index (χ1v) is 24.9. The van der Waals surface area contributed by atoms with E-state index in [1.807, 2.05) is 24.3 Å². The Morgan fingerprint density at radius 3 is 1.64 bits per heavy atom. The molecule has 9 aromatic carbocycles. The van der Waals surface area contributed by atoms with E-state index in [1.54, 1.807) is 0 Å². The molecule has 340 valence electrons. The highest BCUT2D eigenvalue weighted by Crippen LogP contribution is 2.50. The maximum atomic E-state index is 6.21. The van der Waals surface area contributed by atoms with Gasteiger partial charge >= 0.3 is 0 Å². The van der Waals surface area contributed by atoms with Crippen LogP contribution in [-0.2, 0) is 5.41 Å². The Kier molecular flexibility index (Phi) is 8.76. The summed E-state index contributed by atoms with van der Waals surface area (Å²) >= 11 is 0. The van der Waals surface area contributed by atoms with Crippen molar-refractivity contribution in [2.75, 3.05) is 0 Å². The van der Waals surface area contributed by atoms with Crippen molar-refractivity contribution in [3.05, 3.63) is 222 Å². The van der Waals surface area contributed by atoms with E-state index < -0.39 is 0 Å². The Labute approximate surface area is 415 Å². The van der Waals surface area contributed by atoms with Crippen LogP contribution in [0, 0.1) is 0 Å². The average Bonchev–Trinajstić information content (AvgIpc) is 4.16. The molecule has 0 fully saturated rings. The lowest BCUT2D eigenvalue weighted by Gasteiger charge is -2.21. The Hall–Kier alpha value is -9.06. The fourth-order valence-electron chi connectivity index (χ4n) is 11.9. The molecule has 2 aliphatic carbocycles. The van der Waals surface area contributed by atoms with Gasteiger partial charge in [-0.3, -0.25) is 0 Å². The molecule has 2 aliphatic rings. The Morgan fingerprint density at radius 2 is 0.958 bits per heavy atom. The van der Waals surface area contributed by atoms with Gasteiger partial charge in [-0.15, -0.1) is 0 Å². The predicted octanol–water partition coefficient (Wildman–Crippen LogP) is 16.2. The van der Waals surface area contributed by atoms with Crippen molar-refractivity contribution in [2.24, 2.45) is 0 Å². The first kappa shape index (κ1) is 40.8. The van der Waals surface area contributed by atoms with Crippen LogP contribution in [0.3, 0.4) is 0 Å². The van der Waals surface area contributed by atoms with Gasteiger partial charge in [0.15, 0.2) is 5.82 Å². The minimum Gasteiger partial charge on any atom is -0.456 e. The third-order valence-electron chi connectivity index (χ3n) is 15.4. The molecule has 4 aromatic heterocycles. The van der Waals surface area contributed by atoms with Crippen molar-refractivity contribution < 1.29 is 8.83 Å². The van der Waals surface area contributed by atoms with Crippen molar-refractivity contribution >= 4 is 66.9 Å². The molecule has 0 amide bonds. The number of furan rings is 2. The highest BCUT2D eigenvalue weighted by atomic mass is 16.3. The fraction of sp³-hybridized carbons (Fsp3) is 0.0746. The number of nitrogens with zero attached hydrogens (tertiary/aromatic N) is 3. The van der Waals surface area contributed by atoms with Crippen molar-refractivity contribution in [3.63, 3.8) is 0 Å². The van der Waals surface area contributed by atoms with Crippen LogP contribution in [0.5, 0.6) is 0 Å². The van der Waals surface area contributed by atoms with Gasteiger partial charge in [-0.2, -0.15) is 0 Å². The van der Waals surface area contributed by atoms with Crippen LogP contribution in [-0.4, -0.2) is 14.5 Å². The quantitative estimate of drug-likeness (QED) is 0.167. The summed E-state index contributed by atoms with van der Waals surface area (Å²) in [4.78, 5) is 10.9. The number of para-hydroxylation sites is 2. The smallest absolute Gasteiger partial charge is 0.160 e. The molecule has 0 aliphatic heterocycles. The van der Waals surface area contributed by atoms with Gasteiger partial charge in [-0.05, 0) is 136 Å². The summed E-state index contributed by atoms with van der Waals surface area (Å²) in [6.07, 6.45) is 6.88. The zero-order chi connectivity index (χ0) is 47.7. The summed E-state index contributed by atoms with van der Waals surface area (Å²) in [5, 5.41) is 8.28. The van der Waals surface area contributed by atoms with Gasteiger partial charge < -0.3 is 13.4 Å². The van der Waals surface area contributed by atoms with Gasteiger partial charge in [0.25, 0.3) is 0 Å². The summed E-state index contributed by atoms with van der Waals surface area (Å²) in [5.74, 6) is 0.663. The molecule has 5 nitrogen and oxygen atoms in total. The zero-order valence-corrected chi connectivity index (χ0v) is 39.8. The van der Waals surface area contributed by atoms with Crippen LogP contribution in [0.25, 0.3) is 140 Å². The molecule has 5 heteroatoms. The number of benzene rings is 9. The van der Waals surface area contributed by atoms with Gasteiger partial charge in [0, 0.05) is 65.3 Å².